The van der Waals surface area contributed by atoms with Gasteiger partial charge in [0.25, 0.3) is 0 Å². The fourth-order valence-electron chi connectivity index (χ4n) is 9.00. The predicted molar refractivity (Wildman–Crippen MR) is 306 cm³/mol. The third-order valence-electron chi connectivity index (χ3n) is 13.9. The molecule has 0 saturated carbocycles. The summed E-state index contributed by atoms with van der Waals surface area (Å²) in [6.07, 6.45) is 49.2. The van der Waals surface area contributed by atoms with Crippen LogP contribution in [0.4, 0.5) is 0 Å². The molecule has 0 saturated heterocycles. The minimum atomic E-state index is -5.01. The second kappa shape index (κ2) is 62.7. The Kier molecular flexibility index (Phi) is 67.7. The number of hydrogen-bond donors (Lipinski definition) is 0. The Bertz CT molecular complexity index is 1450. The van der Waals surface area contributed by atoms with Gasteiger partial charge in [-0.25, -0.2) is 16.8 Å². The second-order valence-electron chi connectivity index (χ2n) is 21.3. The number of carbonyl (C=O) groups is 4. The SMILES string of the molecule is CCCCCCCCCCCCCOC(=O)CC(C(=O)OCCCCCCCCCCCCC)S(=O)(=O)[O-].CCCCCCCCCCCCCOC(=O)CC(C(=O)OCCCCCCCCCCCCC)S(=O)(=O)[O-].[Na+].[Na+]. The molecule has 2 atom stereocenters. The van der Waals surface area contributed by atoms with Crippen LogP contribution < -0.4 is 59.1 Å². The molecule has 0 radical (unpaired) electrons. The Morgan fingerprint density at radius 2 is 0.436 bits per heavy atom. The molecule has 0 aliphatic heterocycles. The van der Waals surface area contributed by atoms with Crippen LogP contribution in [0.3, 0.4) is 0 Å². The van der Waals surface area contributed by atoms with Crippen molar-refractivity contribution < 1.29 is 123 Å². The van der Waals surface area contributed by atoms with Gasteiger partial charge in [0.15, 0.2) is 10.5 Å². The largest absolute Gasteiger partial charge is 1.00 e. The Morgan fingerprint density at radius 1 is 0.282 bits per heavy atom. The number of rotatable bonds is 56. The molecule has 0 bridgehead atoms. The van der Waals surface area contributed by atoms with Crippen LogP contribution in [-0.4, -0.2) is 86.7 Å². The number of carbonyl (C=O) groups excluding carboxylic acids is 4. The maximum atomic E-state index is 12.2. The molecule has 78 heavy (non-hydrogen) atoms. The molecule has 18 heteroatoms. The average molecular weight is 1170 g/mol. The van der Waals surface area contributed by atoms with Gasteiger partial charge in [-0.15, -0.1) is 0 Å². The maximum absolute atomic E-state index is 12.2. The zero-order valence-corrected chi connectivity index (χ0v) is 56.7. The summed E-state index contributed by atoms with van der Waals surface area (Å²) >= 11 is 0. The molecule has 0 aliphatic carbocycles. The van der Waals surface area contributed by atoms with Gasteiger partial charge in [0, 0.05) is 0 Å². The van der Waals surface area contributed by atoms with Crippen molar-refractivity contribution in [3.8, 4) is 0 Å². The van der Waals surface area contributed by atoms with E-state index in [2.05, 4.69) is 27.7 Å². The Balaban J connectivity index is -0.000000684. The van der Waals surface area contributed by atoms with Crippen LogP contribution in [-0.2, 0) is 58.4 Å². The van der Waals surface area contributed by atoms with Crippen molar-refractivity contribution in [2.24, 2.45) is 0 Å². The minimum Gasteiger partial charge on any atom is -0.747 e. The molecule has 2 unspecified atom stereocenters. The van der Waals surface area contributed by atoms with Gasteiger partial charge in [0.1, 0.15) is 20.2 Å². The smallest absolute Gasteiger partial charge is 0.747 e. The second-order valence-corrected chi connectivity index (χ2v) is 24.4. The summed E-state index contributed by atoms with van der Waals surface area (Å²) in [5.74, 6) is -4.02. The van der Waals surface area contributed by atoms with E-state index < -0.39 is 67.5 Å². The molecule has 452 valence electrons. The van der Waals surface area contributed by atoms with Gasteiger partial charge in [0.05, 0.1) is 39.3 Å². The van der Waals surface area contributed by atoms with Crippen molar-refractivity contribution in [3.63, 3.8) is 0 Å². The first-order valence-corrected chi connectivity index (χ1v) is 34.1. The zero-order chi connectivity index (χ0) is 56.6. The summed E-state index contributed by atoms with van der Waals surface area (Å²) in [4.78, 5) is 48.4. The summed E-state index contributed by atoms with van der Waals surface area (Å²) in [5.41, 5.74) is 0. The predicted octanol–water partition coefficient (Wildman–Crippen LogP) is 10.0. The first kappa shape index (κ1) is 84.2. The number of hydrogen-bond acceptors (Lipinski definition) is 14. The van der Waals surface area contributed by atoms with E-state index in [1.54, 1.807) is 0 Å². The molecule has 0 aliphatic rings. The standard InChI is InChI=1S/2C30H58O7S.2Na/c2*1-3-5-7-9-11-13-15-17-19-21-23-25-36-29(31)27-28(38(33,34)35)30(32)37-26-24-22-20-18-16-14-12-10-8-6-4-2;;/h2*28H,3-27H2,1-2H3,(H,33,34,35);;/q;;2*+1/p-2. The van der Waals surface area contributed by atoms with E-state index in [4.69, 9.17) is 18.9 Å². The fourth-order valence-corrected chi connectivity index (χ4v) is 10.3. The van der Waals surface area contributed by atoms with E-state index >= 15 is 0 Å². The molecule has 14 nitrogen and oxygen atoms in total. The molecule has 0 aromatic heterocycles. The first-order valence-electron chi connectivity index (χ1n) is 31.2. The zero-order valence-electron chi connectivity index (χ0n) is 51.0. The van der Waals surface area contributed by atoms with Gasteiger partial charge in [-0.2, -0.15) is 0 Å². The van der Waals surface area contributed by atoms with Crippen LogP contribution in [0.25, 0.3) is 0 Å². The molecule has 0 amide bonds. The quantitative estimate of drug-likeness (QED) is 0.0182. The van der Waals surface area contributed by atoms with Gasteiger partial charge in [-0.1, -0.05) is 285 Å². The topological polar surface area (TPSA) is 220 Å². The molecular formula is C60H114Na2O14S2. The summed E-state index contributed by atoms with van der Waals surface area (Å²) < 4.78 is 89.4. The number of unbranched alkanes of at least 4 members (excludes halogenated alkanes) is 40. The molecule has 0 spiro atoms. The van der Waals surface area contributed by atoms with Gasteiger partial charge < -0.3 is 28.1 Å². The Hall–Kier alpha value is -0.300. The summed E-state index contributed by atoms with van der Waals surface area (Å²) in [6, 6.07) is 0. The average Bonchev–Trinajstić information content (AvgIpc) is 3.37. The van der Waals surface area contributed by atoms with E-state index in [-0.39, 0.29) is 85.5 Å². The molecule has 0 rings (SSSR count). The van der Waals surface area contributed by atoms with E-state index in [0.717, 1.165) is 77.0 Å². The molecule has 0 fully saturated rings. The third-order valence-corrected chi connectivity index (χ3v) is 16.0. The van der Waals surface area contributed by atoms with E-state index in [0.29, 0.717) is 25.7 Å². The van der Waals surface area contributed by atoms with Crippen LogP contribution in [0.2, 0.25) is 0 Å². The molecule has 0 N–H and O–H groups in total. The van der Waals surface area contributed by atoms with Crippen LogP contribution in [0, 0.1) is 0 Å². The van der Waals surface area contributed by atoms with Crippen LogP contribution in [0.5, 0.6) is 0 Å². The maximum Gasteiger partial charge on any atom is 1.00 e. The van der Waals surface area contributed by atoms with E-state index in [1.807, 2.05) is 0 Å². The molecule has 0 aromatic carbocycles. The van der Waals surface area contributed by atoms with Crippen molar-refractivity contribution in [3.05, 3.63) is 0 Å². The van der Waals surface area contributed by atoms with Crippen molar-refractivity contribution in [1.29, 1.82) is 0 Å². The van der Waals surface area contributed by atoms with E-state index in [9.17, 15) is 45.1 Å². The van der Waals surface area contributed by atoms with Crippen LogP contribution >= 0.6 is 0 Å². The van der Waals surface area contributed by atoms with Crippen molar-refractivity contribution >= 4 is 44.1 Å². The van der Waals surface area contributed by atoms with Gasteiger partial charge in [-0.05, 0) is 25.7 Å². The molecular weight excluding hydrogens is 1050 g/mol. The number of ether oxygens (including phenoxy) is 4. The summed E-state index contributed by atoms with van der Waals surface area (Å²) in [5, 5.41) is -4.08. The molecule has 0 heterocycles. The van der Waals surface area contributed by atoms with E-state index in [1.165, 1.54) is 180 Å². The summed E-state index contributed by atoms with van der Waals surface area (Å²) in [7, 11) is -10.0. The van der Waals surface area contributed by atoms with Crippen molar-refractivity contribution in [2.45, 2.75) is 334 Å². The first-order chi connectivity index (χ1) is 36.6. The number of esters is 4. The van der Waals surface area contributed by atoms with Crippen LogP contribution in [0.1, 0.15) is 323 Å². The summed E-state index contributed by atoms with van der Waals surface area (Å²) in [6.45, 7) is 9.29. The fraction of sp³-hybridized carbons (Fsp3) is 0.933. The Morgan fingerprint density at radius 3 is 0.603 bits per heavy atom. The Labute approximate surface area is 522 Å². The van der Waals surface area contributed by atoms with Crippen molar-refractivity contribution in [1.82, 2.24) is 0 Å². The molecule has 0 aromatic rings. The van der Waals surface area contributed by atoms with Crippen LogP contribution in [0.15, 0.2) is 0 Å². The minimum absolute atomic E-state index is 0. The van der Waals surface area contributed by atoms with Crippen molar-refractivity contribution in [2.75, 3.05) is 26.4 Å². The normalized spacial score (nSPS) is 12.1. The van der Waals surface area contributed by atoms with Gasteiger partial charge in [0.2, 0.25) is 0 Å². The third kappa shape index (κ3) is 60.3. The van der Waals surface area contributed by atoms with Gasteiger partial charge in [-0.3, -0.25) is 19.2 Å². The monoisotopic (exact) mass is 1170 g/mol. The van der Waals surface area contributed by atoms with Gasteiger partial charge >= 0.3 is 83.0 Å².